The third-order valence-corrected chi connectivity index (χ3v) is 3.16. The largest absolute Gasteiger partial charge is 0.481 e. The van der Waals surface area contributed by atoms with Gasteiger partial charge in [0, 0.05) is 0 Å². The van der Waals surface area contributed by atoms with E-state index in [-0.39, 0.29) is 0 Å². The lowest BCUT2D eigenvalue weighted by Crippen LogP contribution is -2.32. The van der Waals surface area contributed by atoms with Crippen molar-refractivity contribution >= 4 is 5.97 Å². The zero-order valence-electron chi connectivity index (χ0n) is 9.18. The summed E-state index contributed by atoms with van der Waals surface area (Å²) in [5.41, 5.74) is -0.591. The van der Waals surface area contributed by atoms with Crippen molar-refractivity contribution < 1.29 is 9.90 Å². The summed E-state index contributed by atoms with van der Waals surface area (Å²) in [6.45, 7) is 5.44. The van der Waals surface area contributed by atoms with Crippen molar-refractivity contribution in [3.63, 3.8) is 0 Å². The summed E-state index contributed by atoms with van der Waals surface area (Å²) < 4.78 is 0. The molecule has 0 aliphatic heterocycles. The lowest BCUT2D eigenvalue weighted by molar-refractivity contribution is -0.147. The molecule has 3 heteroatoms. The van der Waals surface area contributed by atoms with Crippen LogP contribution in [0.4, 0.5) is 0 Å². The molecule has 14 heavy (non-hydrogen) atoms. The van der Waals surface area contributed by atoms with Crippen molar-refractivity contribution in [2.45, 2.75) is 39.5 Å². The molecule has 2 N–H and O–H groups in total. The van der Waals surface area contributed by atoms with E-state index in [4.69, 9.17) is 5.11 Å². The molecule has 0 spiro atoms. The molecule has 0 heterocycles. The average molecular weight is 199 g/mol. The van der Waals surface area contributed by atoms with Crippen LogP contribution in [-0.4, -0.2) is 24.2 Å². The zero-order chi connectivity index (χ0) is 10.6. The van der Waals surface area contributed by atoms with Crippen molar-refractivity contribution in [3.8, 4) is 0 Å². The molecule has 0 unspecified atom stereocenters. The van der Waals surface area contributed by atoms with Crippen LogP contribution in [0.5, 0.6) is 0 Å². The normalized spacial score (nSPS) is 17.9. The number of aliphatic carboxylic acids is 1. The zero-order valence-corrected chi connectivity index (χ0v) is 9.18. The average Bonchev–Trinajstić information content (AvgIpc) is 2.00. The van der Waals surface area contributed by atoms with Gasteiger partial charge in [-0.2, -0.15) is 0 Å². The van der Waals surface area contributed by atoms with Gasteiger partial charge in [0.25, 0.3) is 0 Å². The van der Waals surface area contributed by atoms with Crippen molar-refractivity contribution in [3.05, 3.63) is 0 Å². The van der Waals surface area contributed by atoms with E-state index in [1.165, 1.54) is 19.3 Å². The standard InChI is InChI=1S/C11H21NO2/c1-11(2,10(13)14)6-7-12-8-9-4-3-5-9/h9,12H,3-8H2,1-2H3,(H,13,14). The predicted molar refractivity (Wildman–Crippen MR) is 56.2 cm³/mol. The molecule has 0 atom stereocenters. The third-order valence-electron chi connectivity index (χ3n) is 3.16. The van der Waals surface area contributed by atoms with Gasteiger partial charge in [-0.3, -0.25) is 4.79 Å². The molecule has 1 rings (SSSR count). The van der Waals surface area contributed by atoms with E-state index in [0.29, 0.717) is 6.42 Å². The van der Waals surface area contributed by atoms with Crippen LogP contribution in [0, 0.1) is 11.3 Å². The molecule has 0 aromatic carbocycles. The van der Waals surface area contributed by atoms with E-state index < -0.39 is 11.4 Å². The van der Waals surface area contributed by atoms with Gasteiger partial charge in [-0.15, -0.1) is 0 Å². The van der Waals surface area contributed by atoms with Crippen LogP contribution >= 0.6 is 0 Å². The minimum Gasteiger partial charge on any atom is -0.481 e. The Morgan fingerprint density at radius 3 is 2.57 bits per heavy atom. The second-order valence-corrected chi connectivity index (χ2v) is 4.94. The summed E-state index contributed by atoms with van der Waals surface area (Å²) in [4.78, 5) is 10.8. The van der Waals surface area contributed by atoms with Crippen LogP contribution < -0.4 is 5.32 Å². The van der Waals surface area contributed by atoms with E-state index in [1.54, 1.807) is 13.8 Å². The molecule has 1 fully saturated rings. The van der Waals surface area contributed by atoms with E-state index in [0.717, 1.165) is 19.0 Å². The molecule has 1 aliphatic carbocycles. The Morgan fingerprint density at radius 2 is 2.14 bits per heavy atom. The van der Waals surface area contributed by atoms with Crippen LogP contribution in [-0.2, 0) is 4.79 Å². The van der Waals surface area contributed by atoms with Gasteiger partial charge in [0.05, 0.1) is 5.41 Å². The Morgan fingerprint density at radius 1 is 1.50 bits per heavy atom. The molecule has 82 valence electrons. The first-order valence-corrected chi connectivity index (χ1v) is 5.46. The highest BCUT2D eigenvalue weighted by Gasteiger charge is 2.26. The second-order valence-electron chi connectivity index (χ2n) is 4.94. The molecule has 1 saturated carbocycles. The van der Waals surface area contributed by atoms with Gasteiger partial charge < -0.3 is 10.4 Å². The van der Waals surface area contributed by atoms with Crippen LogP contribution in [0.1, 0.15) is 39.5 Å². The van der Waals surface area contributed by atoms with Gasteiger partial charge in [0.15, 0.2) is 0 Å². The maximum atomic E-state index is 10.8. The Hall–Kier alpha value is -0.570. The molecule has 0 amide bonds. The number of carboxylic acid groups (broad SMARTS) is 1. The quantitative estimate of drug-likeness (QED) is 0.642. The number of hydrogen-bond donors (Lipinski definition) is 2. The van der Waals surface area contributed by atoms with E-state index in [9.17, 15) is 4.79 Å². The van der Waals surface area contributed by atoms with Gasteiger partial charge in [-0.25, -0.2) is 0 Å². The first kappa shape index (κ1) is 11.5. The molecular formula is C11H21NO2. The third kappa shape index (κ3) is 3.29. The SMILES string of the molecule is CC(C)(CCNCC1CCC1)C(=O)O. The Balaban J connectivity index is 2.04. The van der Waals surface area contributed by atoms with E-state index in [2.05, 4.69) is 5.32 Å². The Bertz CT molecular complexity index is 197. The number of carbonyl (C=O) groups is 1. The molecular weight excluding hydrogens is 178 g/mol. The summed E-state index contributed by atoms with van der Waals surface area (Å²) in [5.74, 6) is 0.144. The minimum atomic E-state index is -0.706. The molecule has 0 aromatic heterocycles. The number of carboxylic acids is 1. The highest BCUT2D eigenvalue weighted by molar-refractivity contribution is 5.73. The van der Waals surface area contributed by atoms with Crippen molar-refractivity contribution in [2.24, 2.45) is 11.3 Å². The van der Waals surface area contributed by atoms with Gasteiger partial charge in [-0.1, -0.05) is 6.42 Å². The first-order chi connectivity index (χ1) is 6.52. The molecule has 3 nitrogen and oxygen atoms in total. The van der Waals surface area contributed by atoms with Crippen LogP contribution in [0.25, 0.3) is 0 Å². The number of nitrogens with one attached hydrogen (secondary N) is 1. The summed E-state index contributed by atoms with van der Waals surface area (Å²) in [6, 6.07) is 0. The van der Waals surface area contributed by atoms with Crippen LogP contribution in [0.15, 0.2) is 0 Å². The summed E-state index contributed by atoms with van der Waals surface area (Å²) in [6.07, 6.45) is 4.76. The van der Waals surface area contributed by atoms with Crippen molar-refractivity contribution in [1.82, 2.24) is 5.32 Å². The summed E-state index contributed by atoms with van der Waals surface area (Å²) in [7, 11) is 0. The maximum Gasteiger partial charge on any atom is 0.309 e. The summed E-state index contributed by atoms with van der Waals surface area (Å²) >= 11 is 0. The van der Waals surface area contributed by atoms with Gasteiger partial charge in [0.1, 0.15) is 0 Å². The molecule has 0 aromatic rings. The van der Waals surface area contributed by atoms with Crippen LogP contribution in [0.2, 0.25) is 0 Å². The van der Waals surface area contributed by atoms with Crippen LogP contribution in [0.3, 0.4) is 0 Å². The highest BCUT2D eigenvalue weighted by atomic mass is 16.4. The smallest absolute Gasteiger partial charge is 0.309 e. The lowest BCUT2D eigenvalue weighted by Gasteiger charge is -2.26. The van der Waals surface area contributed by atoms with Gasteiger partial charge >= 0.3 is 5.97 Å². The molecule has 0 saturated heterocycles. The van der Waals surface area contributed by atoms with E-state index >= 15 is 0 Å². The Kier molecular flexibility index (Phi) is 3.93. The Labute approximate surface area is 85.9 Å². The van der Waals surface area contributed by atoms with E-state index in [1.807, 2.05) is 0 Å². The summed E-state index contributed by atoms with van der Waals surface area (Å²) in [5, 5.41) is 12.2. The topological polar surface area (TPSA) is 49.3 Å². The fourth-order valence-corrected chi connectivity index (χ4v) is 1.51. The van der Waals surface area contributed by atoms with Gasteiger partial charge in [0.2, 0.25) is 0 Å². The molecule has 0 radical (unpaired) electrons. The van der Waals surface area contributed by atoms with Gasteiger partial charge in [-0.05, 0) is 52.1 Å². The lowest BCUT2D eigenvalue weighted by atomic mass is 9.85. The second kappa shape index (κ2) is 4.78. The molecule has 1 aliphatic rings. The van der Waals surface area contributed by atoms with Crippen molar-refractivity contribution in [2.75, 3.05) is 13.1 Å². The fraction of sp³-hybridized carbons (Fsp3) is 0.909. The minimum absolute atomic E-state index is 0.591. The molecule has 0 bridgehead atoms. The monoisotopic (exact) mass is 199 g/mol. The fourth-order valence-electron chi connectivity index (χ4n) is 1.51. The first-order valence-electron chi connectivity index (χ1n) is 5.46. The number of hydrogen-bond acceptors (Lipinski definition) is 2. The highest BCUT2D eigenvalue weighted by Crippen LogP contribution is 2.25. The predicted octanol–water partition coefficient (Wildman–Crippen LogP) is 1.88. The maximum absolute atomic E-state index is 10.8. The van der Waals surface area contributed by atoms with Crippen molar-refractivity contribution in [1.29, 1.82) is 0 Å². The number of rotatable bonds is 6.